The lowest BCUT2D eigenvalue weighted by atomic mass is 9.89. The number of nitrogens with zero attached hydrogens (tertiary/aromatic N) is 1. The van der Waals surface area contributed by atoms with E-state index in [-0.39, 0.29) is 11.9 Å². The Kier molecular flexibility index (Phi) is 4.65. The Morgan fingerprint density at radius 3 is 2.80 bits per heavy atom. The van der Waals surface area contributed by atoms with Gasteiger partial charge in [0.1, 0.15) is 0 Å². The standard InChI is InChI=1S/C16H20N2OS/c1-11(2)9-18-15(13(8-17)10-20)7-12-5-3-4-6-14(12)16(18)19/h3-6,8,10-11,15,17,20H,7,9H2,1-2H3/b13-10+,17-8?. The summed E-state index contributed by atoms with van der Waals surface area (Å²) in [4.78, 5) is 14.6. The second-order valence-electron chi connectivity index (χ2n) is 5.50. The van der Waals surface area contributed by atoms with Gasteiger partial charge < -0.3 is 10.3 Å². The Bertz CT molecular complexity index is 551. The highest BCUT2D eigenvalue weighted by atomic mass is 32.1. The van der Waals surface area contributed by atoms with Gasteiger partial charge in [0.2, 0.25) is 0 Å². The molecule has 2 rings (SSSR count). The summed E-state index contributed by atoms with van der Waals surface area (Å²) in [5.74, 6) is 0.443. The Morgan fingerprint density at radius 1 is 1.50 bits per heavy atom. The molecule has 20 heavy (non-hydrogen) atoms. The summed E-state index contributed by atoms with van der Waals surface area (Å²) in [5, 5.41) is 9.17. The number of benzene rings is 1. The molecule has 106 valence electrons. The van der Waals surface area contributed by atoms with E-state index in [9.17, 15) is 4.79 Å². The van der Waals surface area contributed by atoms with Crippen LogP contribution in [0.1, 0.15) is 29.8 Å². The average molecular weight is 288 g/mol. The van der Waals surface area contributed by atoms with Crippen LogP contribution in [0.15, 0.2) is 35.2 Å². The normalized spacial score (nSPS) is 19.2. The van der Waals surface area contributed by atoms with E-state index in [2.05, 4.69) is 26.5 Å². The van der Waals surface area contributed by atoms with Crippen LogP contribution in [0.4, 0.5) is 0 Å². The van der Waals surface area contributed by atoms with Crippen molar-refractivity contribution in [1.29, 1.82) is 5.41 Å². The fourth-order valence-corrected chi connectivity index (χ4v) is 2.89. The zero-order chi connectivity index (χ0) is 14.7. The maximum atomic E-state index is 12.7. The highest BCUT2D eigenvalue weighted by molar-refractivity contribution is 7.83. The van der Waals surface area contributed by atoms with Crippen LogP contribution in [0.3, 0.4) is 0 Å². The quantitative estimate of drug-likeness (QED) is 0.648. The Labute approximate surface area is 125 Å². The molecule has 1 heterocycles. The first-order valence-electron chi connectivity index (χ1n) is 6.82. The van der Waals surface area contributed by atoms with E-state index in [1.54, 1.807) is 5.41 Å². The highest BCUT2D eigenvalue weighted by Crippen LogP contribution is 2.27. The molecule has 0 spiro atoms. The topological polar surface area (TPSA) is 44.2 Å². The van der Waals surface area contributed by atoms with Gasteiger partial charge in [-0.3, -0.25) is 4.79 Å². The van der Waals surface area contributed by atoms with Crippen molar-refractivity contribution in [2.24, 2.45) is 5.92 Å². The summed E-state index contributed by atoms with van der Waals surface area (Å²) < 4.78 is 0. The van der Waals surface area contributed by atoms with E-state index in [0.29, 0.717) is 12.5 Å². The van der Waals surface area contributed by atoms with Crippen molar-refractivity contribution < 1.29 is 4.79 Å². The third kappa shape index (κ3) is 2.80. The first-order valence-corrected chi connectivity index (χ1v) is 7.33. The molecule has 0 saturated heterocycles. The second-order valence-corrected chi connectivity index (χ2v) is 5.76. The molecule has 0 saturated carbocycles. The van der Waals surface area contributed by atoms with E-state index >= 15 is 0 Å². The molecule has 1 atom stereocenters. The van der Waals surface area contributed by atoms with E-state index in [0.717, 1.165) is 23.1 Å². The second kappa shape index (κ2) is 6.27. The maximum Gasteiger partial charge on any atom is 0.254 e. The van der Waals surface area contributed by atoms with Crippen molar-refractivity contribution in [3.8, 4) is 0 Å². The number of carbonyl (C=O) groups excluding carboxylic acids is 1. The molecular formula is C16H20N2OS. The third-order valence-electron chi connectivity index (χ3n) is 3.56. The van der Waals surface area contributed by atoms with E-state index < -0.39 is 0 Å². The van der Waals surface area contributed by atoms with E-state index in [1.807, 2.05) is 29.2 Å². The van der Waals surface area contributed by atoms with Gasteiger partial charge in [-0.15, -0.1) is 0 Å². The number of thiol groups is 1. The molecular weight excluding hydrogens is 268 g/mol. The molecule has 0 radical (unpaired) electrons. The Balaban J connectivity index is 2.45. The molecule has 1 aromatic carbocycles. The van der Waals surface area contributed by atoms with Crippen molar-refractivity contribution >= 4 is 24.8 Å². The average Bonchev–Trinajstić information content (AvgIpc) is 2.44. The maximum absolute atomic E-state index is 12.7. The molecule has 4 heteroatoms. The molecule has 1 aliphatic heterocycles. The lowest BCUT2D eigenvalue weighted by Gasteiger charge is -2.38. The van der Waals surface area contributed by atoms with Crippen LogP contribution in [0.25, 0.3) is 0 Å². The first-order chi connectivity index (χ1) is 9.58. The predicted molar refractivity (Wildman–Crippen MR) is 85.7 cm³/mol. The molecule has 1 unspecified atom stereocenters. The summed E-state index contributed by atoms with van der Waals surface area (Å²) >= 11 is 4.19. The van der Waals surface area contributed by atoms with Gasteiger partial charge in [-0.2, -0.15) is 12.6 Å². The lowest BCUT2D eigenvalue weighted by molar-refractivity contribution is 0.0661. The zero-order valence-corrected chi connectivity index (χ0v) is 12.7. The molecule has 1 amide bonds. The molecule has 0 fully saturated rings. The van der Waals surface area contributed by atoms with Gasteiger partial charge in [-0.1, -0.05) is 32.0 Å². The van der Waals surface area contributed by atoms with Crippen LogP contribution in [-0.2, 0) is 6.42 Å². The third-order valence-corrected chi connectivity index (χ3v) is 3.86. The number of fused-ring (bicyclic) bond motifs is 1. The number of nitrogens with one attached hydrogen (secondary N) is 1. The predicted octanol–water partition coefficient (Wildman–Crippen LogP) is 3.17. The number of hydrogen-bond acceptors (Lipinski definition) is 3. The van der Waals surface area contributed by atoms with Gasteiger partial charge >= 0.3 is 0 Å². The minimum Gasteiger partial charge on any atom is -0.331 e. The number of rotatable bonds is 4. The minimum absolute atomic E-state index is 0.0556. The van der Waals surface area contributed by atoms with Crippen LogP contribution in [0.2, 0.25) is 0 Å². The monoisotopic (exact) mass is 288 g/mol. The summed E-state index contributed by atoms with van der Waals surface area (Å²) in [6.07, 6.45) is 2.04. The molecule has 0 aromatic heterocycles. The number of carbonyl (C=O) groups is 1. The van der Waals surface area contributed by atoms with Crippen molar-refractivity contribution in [2.75, 3.05) is 6.54 Å². The van der Waals surface area contributed by atoms with E-state index in [4.69, 9.17) is 5.41 Å². The molecule has 3 nitrogen and oxygen atoms in total. The van der Waals surface area contributed by atoms with Crippen LogP contribution < -0.4 is 0 Å². The van der Waals surface area contributed by atoms with Crippen LogP contribution in [0.5, 0.6) is 0 Å². The van der Waals surface area contributed by atoms with Crippen LogP contribution in [0, 0.1) is 11.3 Å². The van der Waals surface area contributed by atoms with Crippen LogP contribution >= 0.6 is 12.6 Å². The summed E-state index contributed by atoms with van der Waals surface area (Å²) in [6, 6.07) is 7.64. The lowest BCUT2D eigenvalue weighted by Crippen LogP contribution is -2.48. The summed E-state index contributed by atoms with van der Waals surface area (Å²) in [6.45, 7) is 4.88. The van der Waals surface area contributed by atoms with E-state index in [1.165, 1.54) is 6.21 Å². The van der Waals surface area contributed by atoms with Gasteiger partial charge in [0.15, 0.2) is 0 Å². The van der Waals surface area contributed by atoms with Crippen LogP contribution in [-0.4, -0.2) is 29.6 Å². The first kappa shape index (κ1) is 14.9. The molecule has 1 aromatic rings. The SMILES string of the molecule is CC(C)CN1C(=O)c2ccccc2CC1/C(C=N)=C/S. The smallest absolute Gasteiger partial charge is 0.254 e. The van der Waals surface area contributed by atoms with Crippen molar-refractivity contribution in [2.45, 2.75) is 26.3 Å². The van der Waals surface area contributed by atoms with Crippen molar-refractivity contribution in [1.82, 2.24) is 4.90 Å². The Morgan fingerprint density at radius 2 is 2.20 bits per heavy atom. The van der Waals surface area contributed by atoms with Gasteiger partial charge in [0.05, 0.1) is 6.04 Å². The summed E-state index contributed by atoms with van der Waals surface area (Å²) in [5.41, 5.74) is 2.61. The molecule has 0 bridgehead atoms. The fraction of sp³-hybridized carbons (Fsp3) is 0.375. The molecule has 1 aliphatic rings. The van der Waals surface area contributed by atoms with Gasteiger partial charge in [0, 0.05) is 18.3 Å². The zero-order valence-electron chi connectivity index (χ0n) is 11.8. The number of hydrogen-bond donors (Lipinski definition) is 2. The van der Waals surface area contributed by atoms with Gasteiger partial charge in [-0.05, 0) is 34.9 Å². The molecule has 1 N–H and O–H groups in total. The number of amides is 1. The molecule has 0 aliphatic carbocycles. The summed E-state index contributed by atoms with van der Waals surface area (Å²) in [7, 11) is 0. The van der Waals surface area contributed by atoms with Gasteiger partial charge in [0.25, 0.3) is 5.91 Å². The van der Waals surface area contributed by atoms with Gasteiger partial charge in [-0.25, -0.2) is 0 Å². The van der Waals surface area contributed by atoms with Crippen molar-refractivity contribution in [3.05, 3.63) is 46.4 Å². The van der Waals surface area contributed by atoms with Crippen molar-refractivity contribution in [3.63, 3.8) is 0 Å². The minimum atomic E-state index is -0.0881. The fourth-order valence-electron chi connectivity index (χ4n) is 2.64. The largest absolute Gasteiger partial charge is 0.331 e. The highest BCUT2D eigenvalue weighted by Gasteiger charge is 2.33. The Hall–Kier alpha value is -1.55.